The number of hydrogen-bond acceptors (Lipinski definition) is 6. The molecule has 1 aromatic heterocycles. The minimum Gasteiger partial charge on any atom is -0.473 e. The number of esters is 1. The topological polar surface area (TPSA) is 61.8 Å². The molecule has 0 N–H and O–H groups in total. The van der Waals surface area contributed by atoms with E-state index in [1.807, 2.05) is 0 Å². The van der Waals surface area contributed by atoms with E-state index in [-0.39, 0.29) is 12.4 Å². The second-order valence-electron chi connectivity index (χ2n) is 3.54. The fourth-order valence-corrected chi connectivity index (χ4v) is 2.19. The van der Waals surface area contributed by atoms with Crippen molar-refractivity contribution in [3.63, 3.8) is 0 Å². The van der Waals surface area contributed by atoms with Gasteiger partial charge in [-0.2, -0.15) is 0 Å². The Bertz CT molecular complexity index is 439. The number of Topliss-reactive ketones (excluding diaryl/α,β-unsaturated/α-hetero) is 1. The molecule has 6 heteroatoms. The van der Waals surface area contributed by atoms with Crippen LogP contribution in [0.1, 0.15) is 13.8 Å². The number of carbonyl (C=O) groups is 2. The Kier molecular flexibility index (Phi) is 3.33. The van der Waals surface area contributed by atoms with Crippen molar-refractivity contribution >= 4 is 23.1 Å². The second kappa shape index (κ2) is 4.75. The summed E-state index contributed by atoms with van der Waals surface area (Å²) in [5.41, 5.74) is 0. The molecule has 0 radical (unpaired) electrons. The van der Waals surface area contributed by atoms with E-state index in [4.69, 9.17) is 14.2 Å². The number of thiophene rings is 1. The van der Waals surface area contributed by atoms with Crippen molar-refractivity contribution in [1.29, 1.82) is 0 Å². The summed E-state index contributed by atoms with van der Waals surface area (Å²) < 4.78 is 15.8. The molecule has 1 aromatic rings. The van der Waals surface area contributed by atoms with Gasteiger partial charge in [-0.25, -0.2) is 4.79 Å². The van der Waals surface area contributed by atoms with Crippen LogP contribution < -0.4 is 9.47 Å². The highest BCUT2D eigenvalue weighted by molar-refractivity contribution is 7.08. The quantitative estimate of drug-likeness (QED) is 0.765. The van der Waals surface area contributed by atoms with E-state index >= 15 is 0 Å². The molecule has 17 heavy (non-hydrogen) atoms. The maximum Gasteiger partial charge on any atom is 0.351 e. The van der Waals surface area contributed by atoms with Crippen LogP contribution in [0, 0.1) is 0 Å². The highest BCUT2D eigenvalue weighted by Crippen LogP contribution is 2.37. The number of rotatable bonds is 3. The Hall–Kier alpha value is -1.56. The summed E-state index contributed by atoms with van der Waals surface area (Å²) in [6.45, 7) is 3.29. The lowest BCUT2D eigenvalue weighted by atomic mass is 10.1. The van der Waals surface area contributed by atoms with Gasteiger partial charge in [0, 0.05) is 10.8 Å². The summed E-state index contributed by atoms with van der Waals surface area (Å²) in [7, 11) is 0. The number of ether oxygens (including phenoxy) is 3. The van der Waals surface area contributed by atoms with Gasteiger partial charge in [0.25, 0.3) is 0 Å². The lowest BCUT2D eigenvalue weighted by molar-refractivity contribution is -0.161. The van der Waals surface area contributed by atoms with Gasteiger partial charge in [-0.05, 0) is 13.8 Å². The fraction of sp³-hybridized carbons (Fsp3) is 0.455. The largest absolute Gasteiger partial charge is 0.473 e. The first-order valence-electron chi connectivity index (χ1n) is 5.20. The van der Waals surface area contributed by atoms with Gasteiger partial charge < -0.3 is 14.2 Å². The van der Waals surface area contributed by atoms with Gasteiger partial charge in [0.1, 0.15) is 0 Å². The monoisotopic (exact) mass is 256 g/mol. The molecule has 0 amide bonds. The number of fused-ring (bicyclic) bond motifs is 1. The van der Waals surface area contributed by atoms with Crippen LogP contribution in [0.25, 0.3) is 0 Å². The van der Waals surface area contributed by atoms with Crippen molar-refractivity contribution in [2.75, 3.05) is 6.61 Å². The Balaban J connectivity index is 2.24. The SMILES string of the molecule is CCOC(=O)C1Oc2cscc2OC1C(C)=O. The molecule has 2 unspecified atom stereocenters. The van der Waals surface area contributed by atoms with Crippen LogP contribution in [0.5, 0.6) is 11.5 Å². The van der Waals surface area contributed by atoms with Crippen molar-refractivity contribution in [2.24, 2.45) is 0 Å². The summed E-state index contributed by atoms with van der Waals surface area (Å²) in [6.07, 6.45) is -1.95. The van der Waals surface area contributed by atoms with Crippen molar-refractivity contribution < 1.29 is 23.8 Å². The van der Waals surface area contributed by atoms with E-state index in [0.717, 1.165) is 0 Å². The highest BCUT2D eigenvalue weighted by atomic mass is 32.1. The van der Waals surface area contributed by atoms with Crippen molar-refractivity contribution in [1.82, 2.24) is 0 Å². The fourth-order valence-electron chi connectivity index (χ4n) is 1.53. The lowest BCUT2D eigenvalue weighted by Crippen LogP contribution is -2.49. The van der Waals surface area contributed by atoms with Crippen molar-refractivity contribution in [2.45, 2.75) is 26.1 Å². The third kappa shape index (κ3) is 2.26. The molecule has 5 nitrogen and oxygen atoms in total. The number of ketones is 1. The molecule has 0 spiro atoms. The van der Waals surface area contributed by atoms with E-state index in [1.54, 1.807) is 17.7 Å². The minimum atomic E-state index is -1.02. The average molecular weight is 256 g/mol. The van der Waals surface area contributed by atoms with Gasteiger partial charge >= 0.3 is 5.97 Å². The molecule has 2 atom stereocenters. The van der Waals surface area contributed by atoms with Gasteiger partial charge in [-0.3, -0.25) is 4.79 Å². The summed E-state index contributed by atoms with van der Waals surface area (Å²) in [5, 5.41) is 3.45. The predicted molar refractivity (Wildman–Crippen MR) is 60.5 cm³/mol. The third-order valence-electron chi connectivity index (χ3n) is 2.30. The third-order valence-corrected chi connectivity index (χ3v) is 3.00. The van der Waals surface area contributed by atoms with Crippen LogP contribution in [0.4, 0.5) is 0 Å². The molecule has 0 saturated carbocycles. The van der Waals surface area contributed by atoms with Crippen molar-refractivity contribution in [3.8, 4) is 11.5 Å². The van der Waals surface area contributed by atoms with Gasteiger partial charge in [0.15, 0.2) is 17.3 Å². The highest BCUT2D eigenvalue weighted by Gasteiger charge is 2.41. The summed E-state index contributed by atoms with van der Waals surface area (Å²) >= 11 is 1.38. The average Bonchev–Trinajstić information content (AvgIpc) is 2.74. The van der Waals surface area contributed by atoms with Gasteiger partial charge in [0.2, 0.25) is 12.2 Å². The smallest absolute Gasteiger partial charge is 0.351 e. The Morgan fingerprint density at radius 1 is 1.29 bits per heavy atom. The molecule has 2 heterocycles. The van der Waals surface area contributed by atoms with Crippen LogP contribution in [0.15, 0.2) is 10.8 Å². The van der Waals surface area contributed by atoms with Crippen LogP contribution in [0.2, 0.25) is 0 Å². The lowest BCUT2D eigenvalue weighted by Gasteiger charge is -2.29. The summed E-state index contributed by atoms with van der Waals surface area (Å²) in [6, 6.07) is 0. The van der Waals surface area contributed by atoms with E-state index in [1.165, 1.54) is 18.3 Å². The van der Waals surface area contributed by atoms with Gasteiger partial charge in [-0.1, -0.05) is 0 Å². The second-order valence-corrected chi connectivity index (χ2v) is 4.28. The van der Waals surface area contributed by atoms with Crippen LogP contribution in [-0.4, -0.2) is 30.6 Å². The zero-order valence-electron chi connectivity index (χ0n) is 9.47. The van der Waals surface area contributed by atoms with Crippen LogP contribution in [-0.2, 0) is 14.3 Å². The zero-order chi connectivity index (χ0) is 12.4. The molecule has 0 aromatic carbocycles. The maximum atomic E-state index is 11.7. The first-order chi connectivity index (χ1) is 8.13. The minimum absolute atomic E-state index is 0.236. The Morgan fingerprint density at radius 2 is 1.88 bits per heavy atom. The normalized spacial score (nSPS) is 22.0. The predicted octanol–water partition coefficient (Wildman–Crippen LogP) is 1.41. The summed E-state index contributed by atoms with van der Waals surface area (Å²) in [4.78, 5) is 23.1. The maximum absolute atomic E-state index is 11.7. The van der Waals surface area contributed by atoms with E-state index in [2.05, 4.69) is 0 Å². The molecule has 92 valence electrons. The number of carbonyl (C=O) groups excluding carboxylic acids is 2. The molecule has 0 bridgehead atoms. The van der Waals surface area contributed by atoms with E-state index < -0.39 is 18.2 Å². The molecular weight excluding hydrogens is 244 g/mol. The van der Waals surface area contributed by atoms with Crippen LogP contribution >= 0.6 is 11.3 Å². The molecular formula is C11H12O5S. The molecule has 1 aliphatic heterocycles. The van der Waals surface area contributed by atoms with Gasteiger partial charge in [0.05, 0.1) is 6.61 Å². The molecule has 2 rings (SSSR count). The summed E-state index contributed by atoms with van der Waals surface area (Å²) in [5.74, 6) is 0.130. The van der Waals surface area contributed by atoms with E-state index in [0.29, 0.717) is 11.5 Å². The molecule has 0 fully saturated rings. The zero-order valence-corrected chi connectivity index (χ0v) is 10.3. The number of hydrogen-bond donors (Lipinski definition) is 0. The Morgan fingerprint density at radius 3 is 2.41 bits per heavy atom. The first kappa shape index (κ1) is 11.9. The standard InChI is InChI=1S/C11H12O5S/c1-3-14-11(13)10-9(6(2)12)15-7-4-17-5-8(7)16-10/h4-5,9-10H,3H2,1-2H3. The van der Waals surface area contributed by atoms with E-state index in [9.17, 15) is 9.59 Å². The first-order valence-corrected chi connectivity index (χ1v) is 6.14. The van der Waals surface area contributed by atoms with Crippen molar-refractivity contribution in [3.05, 3.63) is 10.8 Å². The molecule has 0 aliphatic carbocycles. The van der Waals surface area contributed by atoms with Gasteiger partial charge in [-0.15, -0.1) is 11.3 Å². The van der Waals surface area contributed by atoms with Crippen LogP contribution in [0.3, 0.4) is 0 Å². The molecule has 1 aliphatic rings. The molecule has 0 saturated heterocycles. The Labute approximate surface area is 102 Å².